The van der Waals surface area contributed by atoms with Gasteiger partial charge < -0.3 is 20.5 Å². The molecule has 0 aliphatic heterocycles. The molecule has 0 bridgehead atoms. The molecule has 1 aromatic rings. The number of hydrogen-bond donors (Lipinski definition) is 4. The van der Waals surface area contributed by atoms with Gasteiger partial charge in [0.1, 0.15) is 0 Å². The van der Waals surface area contributed by atoms with Crippen LogP contribution in [0.5, 0.6) is 0 Å². The van der Waals surface area contributed by atoms with Crippen LogP contribution in [0, 0.1) is 13.8 Å². The first-order valence-corrected chi connectivity index (χ1v) is 6.26. The molecule has 0 spiro atoms. The molecule has 0 radical (unpaired) electrons. The van der Waals surface area contributed by atoms with Crippen molar-refractivity contribution in [3.63, 3.8) is 0 Å². The van der Waals surface area contributed by atoms with Gasteiger partial charge in [0.25, 0.3) is 0 Å². The second-order valence-corrected chi connectivity index (χ2v) is 4.70. The molecule has 0 aromatic heterocycles. The Morgan fingerprint density at radius 2 is 2.05 bits per heavy atom. The molecule has 19 heavy (non-hydrogen) atoms. The predicted octanol–water partition coefficient (Wildman–Crippen LogP) is -0.275. The molecule has 0 aliphatic carbocycles. The first kappa shape index (κ1) is 15.7. The van der Waals surface area contributed by atoms with Crippen molar-refractivity contribution in [1.82, 2.24) is 5.32 Å². The van der Waals surface area contributed by atoms with Crippen molar-refractivity contribution in [1.29, 1.82) is 0 Å². The number of carbonyl (C=O) groups excluding carboxylic acids is 1. The molecule has 0 aliphatic rings. The molecule has 0 fully saturated rings. The molecule has 1 atom stereocenters. The summed E-state index contributed by atoms with van der Waals surface area (Å²) < 4.78 is 0. The van der Waals surface area contributed by atoms with Crippen LogP contribution >= 0.6 is 0 Å². The summed E-state index contributed by atoms with van der Waals surface area (Å²) in [5.41, 5.74) is 3.13. The Kier molecular flexibility index (Phi) is 6.01. The van der Waals surface area contributed by atoms with Crippen LogP contribution in [-0.4, -0.2) is 40.7 Å². The number of amides is 1. The van der Waals surface area contributed by atoms with E-state index >= 15 is 0 Å². The molecule has 0 unspecified atom stereocenters. The summed E-state index contributed by atoms with van der Waals surface area (Å²) in [6.07, 6.45) is 0.289. The highest BCUT2D eigenvalue weighted by atomic mass is 16.4. The minimum absolute atomic E-state index is 0.0455. The molecule has 1 aromatic carbocycles. The normalized spacial score (nSPS) is 12.1. The molecule has 0 heterocycles. The molecular formula is C13H20BNO4. The third-order valence-corrected chi connectivity index (χ3v) is 2.98. The largest absolute Gasteiger partial charge is 0.475 e. The SMILES string of the molecule is Cc1ccc(C[C@H](NC(=O)CCO)B(O)O)c(C)c1. The van der Waals surface area contributed by atoms with Gasteiger partial charge in [0.2, 0.25) is 5.91 Å². The van der Waals surface area contributed by atoms with Crippen LogP contribution < -0.4 is 5.32 Å². The second-order valence-electron chi connectivity index (χ2n) is 4.70. The van der Waals surface area contributed by atoms with Gasteiger partial charge in [-0.3, -0.25) is 4.79 Å². The van der Waals surface area contributed by atoms with E-state index in [9.17, 15) is 14.8 Å². The molecule has 0 saturated heterocycles. The minimum atomic E-state index is -1.64. The van der Waals surface area contributed by atoms with Gasteiger partial charge in [0.05, 0.1) is 12.5 Å². The standard InChI is InChI=1S/C13H20BNO4/c1-9-3-4-11(10(2)7-9)8-12(14(18)19)15-13(17)5-6-16/h3-4,7,12,16,18-19H,5-6,8H2,1-2H3,(H,15,17)/t12-/m0/s1. The average molecular weight is 265 g/mol. The molecule has 104 valence electrons. The average Bonchev–Trinajstić information content (AvgIpc) is 2.31. The topological polar surface area (TPSA) is 89.8 Å². The van der Waals surface area contributed by atoms with Crippen LogP contribution in [0.25, 0.3) is 0 Å². The zero-order valence-corrected chi connectivity index (χ0v) is 11.3. The summed E-state index contributed by atoms with van der Waals surface area (Å²) in [5.74, 6) is -1.18. The Morgan fingerprint density at radius 3 is 2.58 bits per heavy atom. The molecular weight excluding hydrogens is 245 g/mol. The quantitative estimate of drug-likeness (QED) is 0.533. The van der Waals surface area contributed by atoms with Crippen LogP contribution in [-0.2, 0) is 11.2 Å². The van der Waals surface area contributed by atoms with Crippen LogP contribution in [0.4, 0.5) is 0 Å². The maximum Gasteiger partial charge on any atom is 0.475 e. The Morgan fingerprint density at radius 1 is 1.37 bits per heavy atom. The van der Waals surface area contributed by atoms with Gasteiger partial charge in [-0.1, -0.05) is 23.8 Å². The molecule has 1 rings (SSSR count). The zero-order chi connectivity index (χ0) is 14.4. The van der Waals surface area contributed by atoms with E-state index in [1.54, 1.807) is 0 Å². The van der Waals surface area contributed by atoms with E-state index in [0.717, 1.165) is 16.7 Å². The number of aliphatic hydroxyl groups is 1. The lowest BCUT2D eigenvalue weighted by Crippen LogP contribution is -2.48. The lowest BCUT2D eigenvalue weighted by Gasteiger charge is -2.19. The number of benzene rings is 1. The highest BCUT2D eigenvalue weighted by Crippen LogP contribution is 2.13. The molecule has 0 saturated carbocycles. The third-order valence-electron chi connectivity index (χ3n) is 2.98. The van der Waals surface area contributed by atoms with Gasteiger partial charge in [-0.25, -0.2) is 0 Å². The highest BCUT2D eigenvalue weighted by molar-refractivity contribution is 6.43. The summed E-state index contributed by atoms with van der Waals surface area (Å²) >= 11 is 0. The molecule has 1 amide bonds. The predicted molar refractivity (Wildman–Crippen MR) is 73.4 cm³/mol. The van der Waals surface area contributed by atoms with Crippen LogP contribution in [0.2, 0.25) is 0 Å². The summed E-state index contributed by atoms with van der Waals surface area (Å²) in [4.78, 5) is 11.4. The van der Waals surface area contributed by atoms with Crippen molar-refractivity contribution < 1.29 is 19.9 Å². The van der Waals surface area contributed by atoms with Gasteiger partial charge in [0, 0.05) is 6.42 Å². The van der Waals surface area contributed by atoms with E-state index in [1.807, 2.05) is 32.0 Å². The lowest BCUT2D eigenvalue weighted by molar-refractivity contribution is -0.122. The Balaban J connectivity index is 2.75. The summed E-state index contributed by atoms with van der Waals surface area (Å²) in [6.45, 7) is 3.67. The molecule has 6 heteroatoms. The van der Waals surface area contributed by atoms with E-state index < -0.39 is 19.0 Å². The Hall–Kier alpha value is -1.37. The van der Waals surface area contributed by atoms with Gasteiger partial charge in [-0.05, 0) is 31.4 Å². The van der Waals surface area contributed by atoms with Gasteiger partial charge in [-0.2, -0.15) is 0 Å². The number of nitrogens with one attached hydrogen (secondary N) is 1. The van der Waals surface area contributed by atoms with Crippen molar-refractivity contribution in [2.45, 2.75) is 32.6 Å². The number of rotatable bonds is 6. The van der Waals surface area contributed by atoms with E-state index in [4.69, 9.17) is 5.11 Å². The van der Waals surface area contributed by atoms with E-state index in [-0.39, 0.29) is 13.0 Å². The summed E-state index contributed by atoms with van der Waals surface area (Å²) in [6, 6.07) is 5.86. The maximum absolute atomic E-state index is 11.4. The third kappa shape index (κ3) is 5.02. The van der Waals surface area contributed by atoms with Crippen molar-refractivity contribution >= 4 is 13.0 Å². The Bertz CT molecular complexity index is 437. The number of aryl methyl sites for hydroxylation is 2. The number of aliphatic hydroxyl groups excluding tert-OH is 1. The second kappa shape index (κ2) is 7.28. The molecule has 4 N–H and O–H groups in total. The monoisotopic (exact) mass is 265 g/mol. The first-order chi connectivity index (χ1) is 8.93. The van der Waals surface area contributed by atoms with Crippen LogP contribution in [0.15, 0.2) is 18.2 Å². The fourth-order valence-corrected chi connectivity index (χ4v) is 1.92. The van der Waals surface area contributed by atoms with Crippen molar-refractivity contribution in [3.8, 4) is 0 Å². The summed E-state index contributed by atoms with van der Waals surface area (Å²) in [7, 11) is -1.64. The smallest absolute Gasteiger partial charge is 0.426 e. The van der Waals surface area contributed by atoms with Crippen LogP contribution in [0.1, 0.15) is 23.1 Å². The number of carbonyl (C=O) groups is 1. The van der Waals surface area contributed by atoms with Gasteiger partial charge in [-0.15, -0.1) is 0 Å². The molecule has 5 nitrogen and oxygen atoms in total. The van der Waals surface area contributed by atoms with E-state index in [0.29, 0.717) is 6.42 Å². The summed E-state index contributed by atoms with van der Waals surface area (Å²) in [5, 5.41) is 29.8. The zero-order valence-electron chi connectivity index (χ0n) is 11.3. The van der Waals surface area contributed by atoms with Crippen molar-refractivity contribution in [2.75, 3.05) is 6.61 Å². The first-order valence-electron chi connectivity index (χ1n) is 6.26. The maximum atomic E-state index is 11.4. The van der Waals surface area contributed by atoms with Crippen molar-refractivity contribution in [2.24, 2.45) is 0 Å². The highest BCUT2D eigenvalue weighted by Gasteiger charge is 2.25. The fourth-order valence-electron chi connectivity index (χ4n) is 1.92. The van der Waals surface area contributed by atoms with E-state index in [1.165, 1.54) is 0 Å². The van der Waals surface area contributed by atoms with Gasteiger partial charge in [0.15, 0.2) is 0 Å². The van der Waals surface area contributed by atoms with E-state index in [2.05, 4.69) is 5.32 Å². The number of hydrogen-bond acceptors (Lipinski definition) is 4. The Labute approximate surface area is 113 Å². The minimum Gasteiger partial charge on any atom is -0.426 e. The fraction of sp³-hybridized carbons (Fsp3) is 0.462. The lowest BCUT2D eigenvalue weighted by atomic mass is 9.75. The van der Waals surface area contributed by atoms with Crippen molar-refractivity contribution in [3.05, 3.63) is 34.9 Å². The van der Waals surface area contributed by atoms with Gasteiger partial charge >= 0.3 is 7.12 Å². The van der Waals surface area contributed by atoms with Crippen LogP contribution in [0.3, 0.4) is 0 Å².